The first-order chi connectivity index (χ1) is 10.2. The van der Waals surface area contributed by atoms with Crippen LogP contribution in [-0.4, -0.2) is 31.1 Å². The molecule has 0 bridgehead atoms. The Balaban J connectivity index is 1.74. The van der Waals surface area contributed by atoms with E-state index in [1.54, 1.807) is 0 Å². The molecule has 2 aliphatic heterocycles. The summed E-state index contributed by atoms with van der Waals surface area (Å²) >= 11 is 0. The van der Waals surface area contributed by atoms with E-state index >= 15 is 0 Å². The van der Waals surface area contributed by atoms with Gasteiger partial charge in [-0.15, -0.1) is 0 Å². The van der Waals surface area contributed by atoms with Gasteiger partial charge in [0.25, 0.3) is 5.91 Å². The number of carbonyl (C=O) groups excluding carboxylic acids is 1. The molecule has 114 valence electrons. The third-order valence-corrected chi connectivity index (χ3v) is 4.76. The number of ether oxygens (including phenoxy) is 1. The van der Waals surface area contributed by atoms with Crippen LogP contribution in [0.25, 0.3) is 0 Å². The van der Waals surface area contributed by atoms with Gasteiger partial charge in [-0.2, -0.15) is 0 Å². The Kier molecular flexibility index (Phi) is 4.27. The van der Waals surface area contributed by atoms with Crippen LogP contribution in [0.15, 0.2) is 24.3 Å². The third kappa shape index (κ3) is 2.97. The van der Waals surface area contributed by atoms with Crippen molar-refractivity contribution in [2.45, 2.75) is 44.9 Å². The molecule has 0 radical (unpaired) electrons. The Bertz CT molecular complexity index is 507. The minimum atomic E-state index is -0.462. The van der Waals surface area contributed by atoms with Gasteiger partial charge < -0.3 is 15.4 Å². The lowest BCUT2D eigenvalue weighted by molar-refractivity contribution is -0.135. The summed E-state index contributed by atoms with van der Waals surface area (Å²) < 4.78 is 5.75. The molecular formula is C17H24N2O2. The van der Waals surface area contributed by atoms with Crippen molar-refractivity contribution in [3.63, 3.8) is 0 Å². The topological polar surface area (TPSA) is 50.4 Å². The van der Waals surface area contributed by atoms with E-state index in [1.807, 2.05) is 18.2 Å². The molecule has 4 atom stereocenters. The molecule has 1 aromatic carbocycles. The Morgan fingerprint density at radius 2 is 2.14 bits per heavy atom. The summed E-state index contributed by atoms with van der Waals surface area (Å²) in [5.41, 5.74) is 2.25. The fourth-order valence-electron chi connectivity index (χ4n) is 3.46. The molecule has 0 saturated carbocycles. The molecule has 1 fully saturated rings. The number of amides is 1. The van der Waals surface area contributed by atoms with Gasteiger partial charge >= 0.3 is 0 Å². The van der Waals surface area contributed by atoms with Gasteiger partial charge in [-0.3, -0.25) is 4.79 Å². The molecule has 4 unspecified atom stereocenters. The van der Waals surface area contributed by atoms with Crippen LogP contribution >= 0.6 is 0 Å². The van der Waals surface area contributed by atoms with Crippen molar-refractivity contribution in [3.8, 4) is 0 Å². The second-order valence-electron chi connectivity index (χ2n) is 6.24. The Morgan fingerprint density at radius 1 is 1.33 bits per heavy atom. The predicted molar refractivity (Wildman–Crippen MR) is 82.0 cm³/mol. The monoisotopic (exact) mass is 288 g/mol. The van der Waals surface area contributed by atoms with Gasteiger partial charge in [0.15, 0.2) is 6.10 Å². The fraction of sp³-hybridized carbons (Fsp3) is 0.588. The van der Waals surface area contributed by atoms with E-state index in [-0.39, 0.29) is 11.9 Å². The van der Waals surface area contributed by atoms with E-state index in [0.29, 0.717) is 18.6 Å². The summed E-state index contributed by atoms with van der Waals surface area (Å²) in [6, 6.07) is 8.56. The number of piperidine rings is 1. The summed E-state index contributed by atoms with van der Waals surface area (Å²) in [5.74, 6) is 0.485. The first kappa shape index (κ1) is 14.5. The van der Waals surface area contributed by atoms with Crippen molar-refractivity contribution in [1.29, 1.82) is 0 Å². The predicted octanol–water partition coefficient (Wildman–Crippen LogP) is 1.80. The lowest BCUT2D eigenvalue weighted by Crippen LogP contribution is -2.56. The average Bonchev–Trinajstić information content (AvgIpc) is 2.50. The fourth-order valence-corrected chi connectivity index (χ4v) is 3.46. The zero-order valence-corrected chi connectivity index (χ0v) is 12.8. The maximum atomic E-state index is 12.7. The van der Waals surface area contributed by atoms with Gasteiger partial charge in [-0.1, -0.05) is 31.2 Å². The SMILES string of the molecule is CC1CCNC(C)C1NC(=O)C1OCCc2ccccc21. The maximum Gasteiger partial charge on any atom is 0.254 e. The highest BCUT2D eigenvalue weighted by molar-refractivity contribution is 5.83. The lowest BCUT2D eigenvalue weighted by atomic mass is 9.88. The van der Waals surface area contributed by atoms with Crippen LogP contribution in [0, 0.1) is 5.92 Å². The number of fused-ring (bicyclic) bond motifs is 1. The smallest absolute Gasteiger partial charge is 0.254 e. The number of nitrogens with one attached hydrogen (secondary N) is 2. The van der Waals surface area contributed by atoms with Gasteiger partial charge in [0.2, 0.25) is 0 Å². The second-order valence-corrected chi connectivity index (χ2v) is 6.24. The zero-order chi connectivity index (χ0) is 14.8. The summed E-state index contributed by atoms with van der Waals surface area (Å²) in [7, 11) is 0. The highest BCUT2D eigenvalue weighted by Crippen LogP contribution is 2.28. The van der Waals surface area contributed by atoms with Crippen molar-refractivity contribution in [2.75, 3.05) is 13.2 Å². The minimum Gasteiger partial charge on any atom is -0.363 e. The van der Waals surface area contributed by atoms with Crippen LogP contribution in [0.2, 0.25) is 0 Å². The van der Waals surface area contributed by atoms with Crippen LogP contribution in [0.3, 0.4) is 0 Å². The molecule has 0 aromatic heterocycles. The molecule has 0 aliphatic carbocycles. The summed E-state index contributed by atoms with van der Waals surface area (Å²) in [5, 5.41) is 6.64. The first-order valence-corrected chi connectivity index (χ1v) is 7.90. The zero-order valence-electron chi connectivity index (χ0n) is 12.8. The Labute approximate surface area is 126 Å². The number of hydrogen-bond donors (Lipinski definition) is 2. The van der Waals surface area contributed by atoms with E-state index in [1.165, 1.54) is 5.56 Å². The highest BCUT2D eigenvalue weighted by atomic mass is 16.5. The molecule has 2 heterocycles. The van der Waals surface area contributed by atoms with Gasteiger partial charge in [0.05, 0.1) is 6.61 Å². The van der Waals surface area contributed by atoms with Crippen LogP contribution in [-0.2, 0) is 16.0 Å². The molecule has 1 saturated heterocycles. The van der Waals surface area contributed by atoms with Gasteiger partial charge in [0, 0.05) is 12.1 Å². The Hall–Kier alpha value is -1.39. The normalized spacial score (nSPS) is 32.3. The average molecular weight is 288 g/mol. The molecule has 3 rings (SSSR count). The van der Waals surface area contributed by atoms with Crippen molar-refractivity contribution >= 4 is 5.91 Å². The quantitative estimate of drug-likeness (QED) is 0.872. The molecule has 21 heavy (non-hydrogen) atoms. The largest absolute Gasteiger partial charge is 0.363 e. The number of benzene rings is 1. The van der Waals surface area contributed by atoms with Crippen molar-refractivity contribution in [2.24, 2.45) is 5.92 Å². The van der Waals surface area contributed by atoms with E-state index in [4.69, 9.17) is 4.74 Å². The molecule has 0 spiro atoms. The molecule has 2 aliphatic rings. The van der Waals surface area contributed by atoms with E-state index in [9.17, 15) is 4.79 Å². The standard InChI is InChI=1S/C17H24N2O2/c1-11-7-9-18-12(2)15(11)19-17(20)16-14-6-4-3-5-13(14)8-10-21-16/h3-6,11-12,15-16,18H,7-10H2,1-2H3,(H,19,20). The van der Waals surface area contributed by atoms with Crippen LogP contribution < -0.4 is 10.6 Å². The Morgan fingerprint density at radius 3 is 2.95 bits per heavy atom. The molecule has 4 heteroatoms. The molecule has 2 N–H and O–H groups in total. The summed E-state index contributed by atoms with van der Waals surface area (Å²) in [4.78, 5) is 12.7. The second kappa shape index (κ2) is 6.16. The van der Waals surface area contributed by atoms with Crippen LogP contribution in [0.1, 0.15) is 37.5 Å². The van der Waals surface area contributed by atoms with E-state index in [0.717, 1.165) is 24.9 Å². The molecule has 1 amide bonds. The number of carbonyl (C=O) groups is 1. The molecule has 4 nitrogen and oxygen atoms in total. The van der Waals surface area contributed by atoms with Gasteiger partial charge in [-0.05, 0) is 43.4 Å². The van der Waals surface area contributed by atoms with Crippen molar-refractivity contribution < 1.29 is 9.53 Å². The summed E-state index contributed by atoms with van der Waals surface area (Å²) in [6.45, 7) is 5.98. The van der Waals surface area contributed by atoms with Crippen LogP contribution in [0.5, 0.6) is 0 Å². The maximum absolute atomic E-state index is 12.7. The molecule has 1 aromatic rings. The highest BCUT2D eigenvalue weighted by Gasteiger charge is 2.33. The minimum absolute atomic E-state index is 0.00505. The van der Waals surface area contributed by atoms with Gasteiger partial charge in [0.1, 0.15) is 0 Å². The number of rotatable bonds is 2. The third-order valence-electron chi connectivity index (χ3n) is 4.76. The van der Waals surface area contributed by atoms with Crippen molar-refractivity contribution in [1.82, 2.24) is 10.6 Å². The molecular weight excluding hydrogens is 264 g/mol. The van der Waals surface area contributed by atoms with E-state index < -0.39 is 6.10 Å². The summed E-state index contributed by atoms with van der Waals surface area (Å²) in [6.07, 6.45) is 1.52. The number of hydrogen-bond acceptors (Lipinski definition) is 3. The lowest BCUT2D eigenvalue weighted by Gasteiger charge is -2.37. The van der Waals surface area contributed by atoms with Crippen molar-refractivity contribution in [3.05, 3.63) is 35.4 Å². The van der Waals surface area contributed by atoms with Crippen LogP contribution in [0.4, 0.5) is 0 Å². The van der Waals surface area contributed by atoms with E-state index in [2.05, 4.69) is 30.5 Å². The first-order valence-electron chi connectivity index (χ1n) is 7.90. The van der Waals surface area contributed by atoms with Gasteiger partial charge in [-0.25, -0.2) is 0 Å².